The molecule has 8 nitrogen and oxygen atoms in total. The molecule has 0 aliphatic carbocycles. The average molecular weight is 438 g/mol. The zero-order valence-corrected chi connectivity index (χ0v) is 18.7. The number of methoxy groups -OCH3 is 2. The number of aryl methyl sites for hydroxylation is 1. The van der Waals surface area contributed by atoms with Gasteiger partial charge in [-0.2, -0.15) is 0 Å². The number of nitrogens with one attached hydrogen (secondary N) is 1. The van der Waals surface area contributed by atoms with Crippen LogP contribution in [0, 0.1) is 13.8 Å². The first-order valence-corrected chi connectivity index (χ1v) is 10.1. The Morgan fingerprint density at radius 3 is 2.34 bits per heavy atom. The van der Waals surface area contributed by atoms with E-state index < -0.39 is 12.0 Å². The number of benzene rings is 1. The summed E-state index contributed by atoms with van der Waals surface area (Å²) in [5, 5.41) is 0. The van der Waals surface area contributed by atoms with Crippen LogP contribution in [0.4, 0.5) is 0 Å². The number of ether oxygens (including phenoxy) is 2. The quantitative estimate of drug-likeness (QED) is 0.422. The minimum atomic E-state index is -0.826. The first-order chi connectivity index (χ1) is 15.3. The normalized spacial score (nSPS) is 11.7. The van der Waals surface area contributed by atoms with Crippen LogP contribution in [0.3, 0.4) is 0 Å². The number of rotatable bonds is 8. The molecule has 168 valence electrons. The highest BCUT2D eigenvalue weighted by Crippen LogP contribution is 2.24. The molecule has 1 aromatic carbocycles. The number of nitrogens with zero attached hydrogens (tertiary/aromatic N) is 1. The summed E-state index contributed by atoms with van der Waals surface area (Å²) in [6.07, 6.45) is 1.51. The van der Waals surface area contributed by atoms with Crippen LogP contribution in [0.25, 0.3) is 0 Å². The number of carbonyl (C=O) groups is 3. The van der Waals surface area contributed by atoms with E-state index in [0.29, 0.717) is 33.9 Å². The largest absolute Gasteiger partial charge is 0.497 e. The summed E-state index contributed by atoms with van der Waals surface area (Å²) in [5.74, 6) is -0.00995. The van der Waals surface area contributed by atoms with E-state index >= 15 is 0 Å². The van der Waals surface area contributed by atoms with E-state index in [-0.39, 0.29) is 23.9 Å². The third-order valence-corrected chi connectivity index (χ3v) is 5.42. The van der Waals surface area contributed by atoms with Crippen molar-refractivity contribution in [2.24, 2.45) is 0 Å². The van der Waals surface area contributed by atoms with Gasteiger partial charge in [0.1, 0.15) is 17.2 Å². The highest BCUT2D eigenvalue weighted by atomic mass is 16.5. The summed E-state index contributed by atoms with van der Waals surface area (Å²) in [6, 6.07) is 9.31. The average Bonchev–Trinajstić information content (AvgIpc) is 3.42. The molecule has 1 amide bonds. The van der Waals surface area contributed by atoms with Crippen molar-refractivity contribution >= 4 is 17.7 Å². The van der Waals surface area contributed by atoms with Crippen molar-refractivity contribution in [1.29, 1.82) is 0 Å². The Morgan fingerprint density at radius 2 is 1.78 bits per heavy atom. The predicted octanol–water partition coefficient (Wildman–Crippen LogP) is 3.93. The Morgan fingerprint density at radius 1 is 1.09 bits per heavy atom. The Hall–Kier alpha value is -3.81. The molecule has 3 aromatic rings. The number of hydrogen-bond acceptors (Lipinski definition) is 6. The van der Waals surface area contributed by atoms with Gasteiger partial charge < -0.3 is 23.8 Å². The van der Waals surface area contributed by atoms with Crippen LogP contribution in [0.5, 0.6) is 5.75 Å². The van der Waals surface area contributed by atoms with Crippen LogP contribution < -0.4 is 4.74 Å². The Balaban J connectivity index is 1.97. The number of aromatic amines is 1. The zero-order chi connectivity index (χ0) is 23.4. The molecule has 0 radical (unpaired) electrons. The lowest BCUT2D eigenvalue weighted by molar-refractivity contribution is 0.0590. The summed E-state index contributed by atoms with van der Waals surface area (Å²) in [7, 11) is 2.82. The van der Waals surface area contributed by atoms with Crippen LogP contribution in [0.1, 0.15) is 55.1 Å². The van der Waals surface area contributed by atoms with Crippen molar-refractivity contribution in [2.75, 3.05) is 14.2 Å². The second-order valence-corrected chi connectivity index (χ2v) is 7.40. The van der Waals surface area contributed by atoms with Gasteiger partial charge in [0, 0.05) is 16.8 Å². The Labute approximate surface area is 186 Å². The smallest absolute Gasteiger partial charge is 0.354 e. The highest BCUT2D eigenvalue weighted by Gasteiger charge is 2.32. The predicted molar refractivity (Wildman–Crippen MR) is 117 cm³/mol. The molecule has 0 aliphatic heterocycles. The van der Waals surface area contributed by atoms with E-state index in [1.807, 2.05) is 0 Å². The fraction of sp³-hybridized carbons (Fsp3) is 0.292. The van der Waals surface area contributed by atoms with E-state index in [9.17, 15) is 14.4 Å². The lowest BCUT2D eigenvalue weighted by atomic mass is 9.99. The van der Waals surface area contributed by atoms with Crippen molar-refractivity contribution in [3.63, 3.8) is 0 Å². The standard InChI is InChI=1S/C24H26N2O6/c1-14-20(15(2)25-21(14)24(29)31-5)22(27)16(3)26(13-19-7-6-12-32-19)23(28)17-8-10-18(30-4)11-9-17/h6-12,16,25H,13H2,1-5H3/t16-/m0/s1. The van der Waals surface area contributed by atoms with Crippen molar-refractivity contribution in [1.82, 2.24) is 9.88 Å². The summed E-state index contributed by atoms with van der Waals surface area (Å²) < 4.78 is 15.4. The van der Waals surface area contributed by atoms with Gasteiger partial charge in [-0.3, -0.25) is 9.59 Å². The number of esters is 1. The molecule has 32 heavy (non-hydrogen) atoms. The van der Waals surface area contributed by atoms with E-state index in [1.54, 1.807) is 64.3 Å². The minimum Gasteiger partial charge on any atom is -0.497 e. The van der Waals surface area contributed by atoms with Crippen LogP contribution in [0.15, 0.2) is 47.1 Å². The summed E-state index contributed by atoms with van der Waals surface area (Å²) in [5.41, 5.74) is 2.02. The number of furan rings is 1. The molecule has 0 fully saturated rings. The van der Waals surface area contributed by atoms with Gasteiger partial charge >= 0.3 is 5.97 Å². The monoisotopic (exact) mass is 438 g/mol. The Bertz CT molecular complexity index is 1110. The molecule has 3 rings (SSSR count). The summed E-state index contributed by atoms with van der Waals surface area (Å²) in [4.78, 5) is 43.3. The molecule has 0 spiro atoms. The fourth-order valence-corrected chi connectivity index (χ4v) is 3.63. The first-order valence-electron chi connectivity index (χ1n) is 10.1. The van der Waals surface area contributed by atoms with Crippen LogP contribution in [0.2, 0.25) is 0 Å². The van der Waals surface area contributed by atoms with Gasteiger partial charge in [0.15, 0.2) is 5.78 Å². The molecule has 0 saturated heterocycles. The maximum Gasteiger partial charge on any atom is 0.354 e. The van der Waals surface area contributed by atoms with Gasteiger partial charge in [0.2, 0.25) is 0 Å². The zero-order valence-electron chi connectivity index (χ0n) is 18.7. The molecular weight excluding hydrogens is 412 g/mol. The summed E-state index contributed by atoms with van der Waals surface area (Å²) >= 11 is 0. The number of hydrogen-bond donors (Lipinski definition) is 1. The number of amides is 1. The van der Waals surface area contributed by atoms with Crippen molar-refractivity contribution in [3.8, 4) is 5.75 Å². The molecule has 1 atom stereocenters. The van der Waals surface area contributed by atoms with Crippen molar-refractivity contribution < 1.29 is 28.3 Å². The number of Topliss-reactive ketones (excluding diaryl/α,β-unsaturated/α-hetero) is 1. The number of H-pyrrole nitrogens is 1. The molecule has 2 heterocycles. The maximum absolute atomic E-state index is 13.5. The fourth-order valence-electron chi connectivity index (χ4n) is 3.63. The molecule has 0 aliphatic rings. The van der Waals surface area contributed by atoms with Gasteiger partial charge in [0.25, 0.3) is 5.91 Å². The molecule has 0 unspecified atom stereocenters. The van der Waals surface area contributed by atoms with Crippen LogP contribution in [-0.2, 0) is 11.3 Å². The number of carbonyl (C=O) groups excluding carboxylic acids is 3. The van der Waals surface area contributed by atoms with Crippen molar-refractivity contribution in [2.45, 2.75) is 33.4 Å². The first kappa shape index (κ1) is 22.9. The second kappa shape index (κ2) is 9.55. The van der Waals surface area contributed by atoms with Crippen LogP contribution >= 0.6 is 0 Å². The van der Waals surface area contributed by atoms with Gasteiger partial charge in [-0.25, -0.2) is 4.79 Å². The molecule has 1 N–H and O–H groups in total. The van der Waals surface area contributed by atoms with E-state index in [2.05, 4.69) is 4.98 Å². The molecule has 2 aromatic heterocycles. The SMILES string of the molecule is COC(=O)c1[nH]c(C)c(C(=O)[C@H](C)N(Cc2ccco2)C(=O)c2ccc(OC)cc2)c1C. The molecule has 0 bridgehead atoms. The second-order valence-electron chi connectivity index (χ2n) is 7.40. The van der Waals surface area contributed by atoms with E-state index in [0.717, 1.165) is 0 Å². The number of aromatic nitrogens is 1. The molecule has 8 heteroatoms. The third kappa shape index (κ3) is 4.44. The lowest BCUT2D eigenvalue weighted by Gasteiger charge is -2.28. The van der Waals surface area contributed by atoms with Gasteiger partial charge in [-0.15, -0.1) is 0 Å². The topological polar surface area (TPSA) is 102 Å². The number of ketones is 1. The van der Waals surface area contributed by atoms with E-state index in [4.69, 9.17) is 13.9 Å². The molecular formula is C24H26N2O6. The van der Waals surface area contributed by atoms with Gasteiger partial charge in [-0.1, -0.05) is 0 Å². The Kier molecular flexibility index (Phi) is 6.82. The van der Waals surface area contributed by atoms with Gasteiger partial charge in [0.05, 0.1) is 33.1 Å². The highest BCUT2D eigenvalue weighted by molar-refractivity contribution is 6.07. The van der Waals surface area contributed by atoms with E-state index in [1.165, 1.54) is 18.3 Å². The maximum atomic E-state index is 13.5. The minimum absolute atomic E-state index is 0.108. The van der Waals surface area contributed by atoms with Crippen molar-refractivity contribution in [3.05, 3.63) is 76.5 Å². The lowest BCUT2D eigenvalue weighted by Crippen LogP contribution is -2.43. The molecule has 0 saturated carbocycles. The van der Waals surface area contributed by atoms with Gasteiger partial charge in [-0.05, 0) is 62.7 Å². The van der Waals surface area contributed by atoms with Crippen LogP contribution in [-0.4, -0.2) is 47.8 Å². The third-order valence-electron chi connectivity index (χ3n) is 5.42. The summed E-state index contributed by atoms with van der Waals surface area (Å²) in [6.45, 7) is 5.16.